The van der Waals surface area contributed by atoms with E-state index in [-0.39, 0.29) is 29.8 Å². The Kier molecular flexibility index (Phi) is 10.2. The number of amides is 2. The fraction of sp³-hybridized carbons (Fsp3) is 0.500. The van der Waals surface area contributed by atoms with Gasteiger partial charge in [0, 0.05) is 31.7 Å². The molecule has 3 heterocycles. The van der Waals surface area contributed by atoms with Crippen LogP contribution in [0.4, 0.5) is 0 Å². The van der Waals surface area contributed by atoms with E-state index in [2.05, 4.69) is 84.2 Å². The Balaban J connectivity index is 1.61. The maximum Gasteiger partial charge on any atom is 0.245 e. The summed E-state index contributed by atoms with van der Waals surface area (Å²) in [6.45, 7) is 8.04. The van der Waals surface area contributed by atoms with Crippen molar-refractivity contribution in [2.45, 2.75) is 71.0 Å². The molecule has 0 aromatic heterocycles. The normalized spacial score (nSPS) is 23.1. The van der Waals surface area contributed by atoms with Gasteiger partial charge in [0.25, 0.3) is 0 Å². The average Bonchev–Trinajstić information content (AvgIpc) is 3.47. The zero-order valence-corrected chi connectivity index (χ0v) is 23.9. The van der Waals surface area contributed by atoms with Crippen molar-refractivity contribution < 1.29 is 14.3 Å². The van der Waals surface area contributed by atoms with Crippen molar-refractivity contribution in [2.75, 3.05) is 26.8 Å². The Labute approximate surface area is 233 Å². The molecule has 2 amide bonds. The Morgan fingerprint density at radius 2 is 1.90 bits per heavy atom. The van der Waals surface area contributed by atoms with Gasteiger partial charge in [-0.3, -0.25) is 9.59 Å². The molecule has 3 atom stereocenters. The van der Waals surface area contributed by atoms with Crippen LogP contribution in [0.2, 0.25) is 0 Å². The second-order valence-electron chi connectivity index (χ2n) is 10.7. The third-order valence-corrected chi connectivity index (χ3v) is 8.06. The summed E-state index contributed by atoms with van der Waals surface area (Å²) in [6, 6.07) is 9.49. The second-order valence-corrected chi connectivity index (χ2v) is 10.7. The molecule has 2 saturated heterocycles. The van der Waals surface area contributed by atoms with Gasteiger partial charge in [-0.1, -0.05) is 49.4 Å². The first kappa shape index (κ1) is 28.8. The average molecular weight is 533 g/mol. The Bertz CT molecular complexity index is 1120. The molecule has 2 N–H and O–H groups in total. The Morgan fingerprint density at radius 3 is 2.59 bits per heavy atom. The van der Waals surface area contributed by atoms with Crippen LogP contribution in [0.15, 0.2) is 72.1 Å². The number of likely N-dealkylation sites (tertiary alicyclic amines) is 1. The summed E-state index contributed by atoms with van der Waals surface area (Å²) in [7, 11) is 1.76. The summed E-state index contributed by atoms with van der Waals surface area (Å²) in [5, 5.41) is 6.10. The molecule has 2 unspecified atom stereocenters. The summed E-state index contributed by atoms with van der Waals surface area (Å²) in [5.41, 5.74) is 4.53. The van der Waals surface area contributed by atoms with Crippen molar-refractivity contribution in [3.63, 3.8) is 0 Å². The van der Waals surface area contributed by atoms with Gasteiger partial charge in [-0.2, -0.15) is 0 Å². The van der Waals surface area contributed by atoms with Crippen LogP contribution < -0.4 is 10.6 Å². The lowest BCUT2D eigenvalue weighted by molar-refractivity contribution is -0.139. The van der Waals surface area contributed by atoms with Gasteiger partial charge in [-0.05, 0) is 82.2 Å². The third-order valence-electron chi connectivity index (χ3n) is 8.06. The van der Waals surface area contributed by atoms with Crippen molar-refractivity contribution in [2.24, 2.45) is 5.92 Å². The number of allylic oxidation sites excluding steroid dienone is 4. The minimum Gasteiger partial charge on any atom is -0.381 e. The minimum atomic E-state index is -0.543. The molecule has 210 valence electrons. The van der Waals surface area contributed by atoms with Crippen LogP contribution in [0.25, 0.3) is 5.70 Å². The summed E-state index contributed by atoms with van der Waals surface area (Å²) in [6.07, 6.45) is 15.1. The molecule has 0 saturated carbocycles. The predicted octanol–water partition coefficient (Wildman–Crippen LogP) is 4.61. The van der Waals surface area contributed by atoms with Gasteiger partial charge in [-0.15, -0.1) is 0 Å². The van der Waals surface area contributed by atoms with E-state index < -0.39 is 6.04 Å². The van der Waals surface area contributed by atoms with E-state index >= 15 is 0 Å². The van der Waals surface area contributed by atoms with Crippen molar-refractivity contribution in [1.82, 2.24) is 20.4 Å². The van der Waals surface area contributed by atoms with E-state index in [1.165, 1.54) is 0 Å². The molecule has 2 fully saturated rings. The first-order valence-corrected chi connectivity index (χ1v) is 14.4. The number of carbonyl (C=O) groups excluding carboxylic acids is 2. The number of likely N-dealkylation sites (N-methyl/N-ethyl adjacent to an activating group) is 1. The lowest BCUT2D eigenvalue weighted by atomic mass is 9.90. The van der Waals surface area contributed by atoms with E-state index in [1.54, 1.807) is 7.05 Å². The standard InChI is InChI=1S/C32H44N4O3/c1-5-11-27-14-9-15-29(25-12-7-6-8-13-25)36(27)22-23(2)28-16-10-19-35(28)32(38)30(26-17-20-39-21-18-26)34-31(37)24(3)33-4/h6-9,11-15,22,24,26,28,30,33H,5,10,16-21H2,1-4H3,(H,34,37)/b23-22+,27-11+/t24-,28?,30?/m0/s1. The highest BCUT2D eigenvalue weighted by Gasteiger charge is 2.39. The molecular formula is C32H44N4O3. The van der Waals surface area contributed by atoms with Gasteiger partial charge < -0.3 is 25.2 Å². The number of hydrogen-bond acceptors (Lipinski definition) is 5. The van der Waals surface area contributed by atoms with E-state index in [4.69, 9.17) is 4.74 Å². The van der Waals surface area contributed by atoms with Crippen LogP contribution in [-0.4, -0.2) is 66.5 Å². The largest absolute Gasteiger partial charge is 0.381 e. The van der Waals surface area contributed by atoms with Gasteiger partial charge in [0.2, 0.25) is 11.8 Å². The van der Waals surface area contributed by atoms with Gasteiger partial charge in [0.1, 0.15) is 6.04 Å². The van der Waals surface area contributed by atoms with E-state index in [0.29, 0.717) is 19.8 Å². The minimum absolute atomic E-state index is 0.00993. The van der Waals surface area contributed by atoms with Gasteiger partial charge in [0.15, 0.2) is 0 Å². The fourth-order valence-electron chi connectivity index (χ4n) is 5.71. The number of carbonyl (C=O) groups is 2. The molecule has 7 nitrogen and oxygen atoms in total. The molecule has 0 spiro atoms. The number of ether oxygens (including phenoxy) is 1. The molecule has 3 aliphatic rings. The first-order chi connectivity index (χ1) is 18.9. The number of hydrogen-bond donors (Lipinski definition) is 2. The van der Waals surface area contributed by atoms with Crippen LogP contribution in [-0.2, 0) is 14.3 Å². The highest BCUT2D eigenvalue weighted by molar-refractivity contribution is 5.90. The number of nitrogens with one attached hydrogen (secondary N) is 2. The topological polar surface area (TPSA) is 73.9 Å². The molecule has 1 aromatic rings. The summed E-state index contributed by atoms with van der Waals surface area (Å²) < 4.78 is 5.57. The molecule has 39 heavy (non-hydrogen) atoms. The molecule has 4 rings (SSSR count). The highest BCUT2D eigenvalue weighted by Crippen LogP contribution is 2.33. The molecule has 0 bridgehead atoms. The summed E-state index contributed by atoms with van der Waals surface area (Å²) in [4.78, 5) is 31.3. The zero-order valence-electron chi connectivity index (χ0n) is 23.9. The van der Waals surface area contributed by atoms with Crippen molar-refractivity contribution in [3.05, 3.63) is 77.7 Å². The van der Waals surface area contributed by atoms with E-state index in [1.807, 2.05) is 17.9 Å². The smallest absolute Gasteiger partial charge is 0.245 e. The van der Waals surface area contributed by atoms with Crippen LogP contribution in [0.1, 0.15) is 58.4 Å². The second kappa shape index (κ2) is 13.8. The van der Waals surface area contributed by atoms with Gasteiger partial charge >= 0.3 is 0 Å². The number of nitrogens with zero attached hydrogens (tertiary/aromatic N) is 2. The lowest BCUT2D eigenvalue weighted by Gasteiger charge is -2.36. The summed E-state index contributed by atoms with van der Waals surface area (Å²) in [5.74, 6) is -0.0448. The molecule has 3 aliphatic heterocycles. The van der Waals surface area contributed by atoms with Crippen LogP contribution in [0, 0.1) is 5.92 Å². The predicted molar refractivity (Wildman–Crippen MR) is 156 cm³/mol. The molecular weight excluding hydrogens is 488 g/mol. The Morgan fingerprint density at radius 1 is 1.15 bits per heavy atom. The van der Waals surface area contributed by atoms with Crippen LogP contribution in [0.5, 0.6) is 0 Å². The highest BCUT2D eigenvalue weighted by atomic mass is 16.5. The van der Waals surface area contributed by atoms with Gasteiger partial charge in [-0.25, -0.2) is 0 Å². The molecule has 0 radical (unpaired) electrons. The van der Waals surface area contributed by atoms with Crippen molar-refractivity contribution in [1.29, 1.82) is 0 Å². The van der Waals surface area contributed by atoms with Crippen molar-refractivity contribution >= 4 is 17.5 Å². The monoisotopic (exact) mass is 532 g/mol. The number of benzene rings is 1. The molecule has 1 aromatic carbocycles. The zero-order chi connectivity index (χ0) is 27.8. The maximum atomic E-state index is 14.1. The van der Waals surface area contributed by atoms with Gasteiger partial charge in [0.05, 0.1) is 17.8 Å². The van der Waals surface area contributed by atoms with Crippen molar-refractivity contribution in [3.8, 4) is 0 Å². The quantitative estimate of drug-likeness (QED) is 0.486. The third kappa shape index (κ3) is 6.89. The number of rotatable bonds is 9. The van der Waals surface area contributed by atoms with E-state index in [9.17, 15) is 9.59 Å². The lowest BCUT2D eigenvalue weighted by Crippen LogP contribution is -2.57. The molecule has 0 aliphatic carbocycles. The van der Waals surface area contributed by atoms with Crippen LogP contribution >= 0.6 is 0 Å². The SMILES string of the molecule is CC/C=C1\C=CC=C(c2ccccc2)N1/C=C(\C)C1CCCN1C(=O)C(NC(=O)[C@H](C)NC)C1CCOCC1. The van der Waals surface area contributed by atoms with Crippen LogP contribution in [0.3, 0.4) is 0 Å². The summed E-state index contributed by atoms with van der Waals surface area (Å²) >= 11 is 0. The molecule has 7 heteroatoms. The first-order valence-electron chi connectivity index (χ1n) is 14.4. The maximum absolute atomic E-state index is 14.1. The van der Waals surface area contributed by atoms with E-state index in [0.717, 1.165) is 54.6 Å². The Hall–Kier alpha value is -3.16. The fourth-order valence-corrected chi connectivity index (χ4v) is 5.71.